The lowest BCUT2D eigenvalue weighted by atomic mass is 10.0. The van der Waals surface area contributed by atoms with Crippen LogP contribution in [0.5, 0.6) is 0 Å². The first kappa shape index (κ1) is 25.4. The van der Waals surface area contributed by atoms with Gasteiger partial charge >= 0.3 is 6.18 Å². The summed E-state index contributed by atoms with van der Waals surface area (Å²) in [6, 6.07) is 14.8. The van der Waals surface area contributed by atoms with E-state index < -0.39 is 16.7 Å². The summed E-state index contributed by atoms with van der Waals surface area (Å²) in [7, 11) is 0. The van der Waals surface area contributed by atoms with E-state index in [1.54, 1.807) is 41.4 Å². The highest BCUT2D eigenvalue weighted by molar-refractivity contribution is 5.73. The van der Waals surface area contributed by atoms with Crippen molar-refractivity contribution in [2.45, 2.75) is 19.6 Å². The van der Waals surface area contributed by atoms with Gasteiger partial charge in [0.1, 0.15) is 5.65 Å². The van der Waals surface area contributed by atoms with E-state index in [-0.39, 0.29) is 11.6 Å². The normalized spacial score (nSPS) is 14.7. The zero-order valence-electron chi connectivity index (χ0n) is 20.5. The zero-order chi connectivity index (χ0) is 27.0. The van der Waals surface area contributed by atoms with Crippen molar-refractivity contribution < 1.29 is 22.9 Å². The number of nitrogens with zero attached hydrogens (tertiary/aromatic N) is 5. The average Bonchev–Trinajstić information content (AvgIpc) is 3.26. The first-order valence-corrected chi connectivity index (χ1v) is 12.0. The van der Waals surface area contributed by atoms with Crippen molar-refractivity contribution in [1.29, 1.82) is 0 Å². The number of non-ortho nitro benzene ring substituents is 1. The van der Waals surface area contributed by atoms with Gasteiger partial charge in [0, 0.05) is 63.5 Å². The number of halogens is 3. The fourth-order valence-corrected chi connectivity index (χ4v) is 4.72. The zero-order valence-corrected chi connectivity index (χ0v) is 20.5. The number of rotatable bonds is 5. The minimum absolute atomic E-state index is 0.0162. The highest BCUT2D eigenvalue weighted by Gasteiger charge is 2.30. The van der Waals surface area contributed by atoms with Gasteiger partial charge in [0.05, 0.1) is 21.9 Å². The molecule has 11 heteroatoms. The number of hydrogen-bond donors (Lipinski definition) is 0. The van der Waals surface area contributed by atoms with Gasteiger partial charge in [-0.15, -0.1) is 0 Å². The molecule has 38 heavy (non-hydrogen) atoms. The Kier molecular flexibility index (Phi) is 6.62. The lowest BCUT2D eigenvalue weighted by Crippen LogP contribution is -2.47. The number of alkyl halides is 3. The van der Waals surface area contributed by atoms with Crippen LogP contribution in [0.4, 0.5) is 18.9 Å². The van der Waals surface area contributed by atoms with Crippen molar-refractivity contribution in [3.05, 3.63) is 88.2 Å². The van der Waals surface area contributed by atoms with Gasteiger partial charge < -0.3 is 9.30 Å². The number of carbonyl (C=O) groups excluding carboxylic acids is 1. The molecule has 196 valence electrons. The predicted octanol–water partition coefficient (Wildman–Crippen LogP) is 5.26. The van der Waals surface area contributed by atoms with Crippen LogP contribution in [0.25, 0.3) is 28.0 Å². The van der Waals surface area contributed by atoms with Gasteiger partial charge in [-0.3, -0.25) is 19.8 Å². The quantitative estimate of drug-likeness (QED) is 0.263. The summed E-state index contributed by atoms with van der Waals surface area (Å²) in [4.78, 5) is 31.4. The molecule has 2 aromatic heterocycles. The Morgan fingerprint density at radius 1 is 0.974 bits per heavy atom. The number of imidazole rings is 1. The number of benzene rings is 2. The van der Waals surface area contributed by atoms with Crippen LogP contribution < -0.4 is 0 Å². The van der Waals surface area contributed by atoms with Crippen LogP contribution in [0, 0.1) is 10.1 Å². The summed E-state index contributed by atoms with van der Waals surface area (Å²) in [5.41, 5.74) is 2.64. The van der Waals surface area contributed by atoms with E-state index in [1.165, 1.54) is 25.1 Å². The fraction of sp³-hybridized carbons (Fsp3) is 0.259. The second-order valence-corrected chi connectivity index (χ2v) is 9.22. The second-order valence-electron chi connectivity index (χ2n) is 9.22. The lowest BCUT2D eigenvalue weighted by Gasteiger charge is -2.34. The number of aromatic nitrogens is 2. The minimum Gasteiger partial charge on any atom is -0.340 e. The van der Waals surface area contributed by atoms with Gasteiger partial charge in [0.15, 0.2) is 0 Å². The topological polar surface area (TPSA) is 84.0 Å². The molecule has 1 aliphatic heterocycles. The van der Waals surface area contributed by atoms with Crippen LogP contribution in [0.3, 0.4) is 0 Å². The molecule has 0 unspecified atom stereocenters. The standard InChI is InChI=1S/C27H24F3N5O3/c1-18(36)33-12-10-32(11-13-33)17-24-26(20-5-3-7-23(15-20)35(37)38)31-25-9-8-21(16-34(24)25)19-4-2-6-22(14-19)27(28,29)30/h2-9,14-16H,10-13,17H2,1H3. The monoisotopic (exact) mass is 523 g/mol. The molecule has 0 radical (unpaired) electrons. The summed E-state index contributed by atoms with van der Waals surface area (Å²) < 4.78 is 41.8. The van der Waals surface area contributed by atoms with Gasteiger partial charge in [0.2, 0.25) is 5.91 Å². The molecule has 2 aromatic carbocycles. The summed E-state index contributed by atoms with van der Waals surface area (Å²) in [5.74, 6) is 0.0162. The maximum absolute atomic E-state index is 13.3. The number of amides is 1. The number of piperazine rings is 1. The molecule has 5 rings (SSSR count). The van der Waals surface area contributed by atoms with Gasteiger partial charge in [-0.05, 0) is 35.4 Å². The first-order valence-electron chi connectivity index (χ1n) is 12.0. The van der Waals surface area contributed by atoms with E-state index in [2.05, 4.69) is 4.90 Å². The van der Waals surface area contributed by atoms with E-state index in [1.807, 2.05) is 4.40 Å². The van der Waals surface area contributed by atoms with E-state index in [0.717, 1.165) is 17.8 Å². The van der Waals surface area contributed by atoms with Crippen molar-refractivity contribution in [2.75, 3.05) is 26.2 Å². The Labute approximate surface area is 216 Å². The average molecular weight is 524 g/mol. The number of nitro groups is 1. The minimum atomic E-state index is -4.46. The van der Waals surface area contributed by atoms with Crippen LogP contribution in [0.2, 0.25) is 0 Å². The first-order chi connectivity index (χ1) is 18.1. The number of fused-ring (bicyclic) bond motifs is 1. The Morgan fingerprint density at radius 2 is 1.68 bits per heavy atom. The molecule has 1 aliphatic rings. The Bertz CT molecular complexity index is 1520. The molecule has 0 spiro atoms. The van der Waals surface area contributed by atoms with E-state index in [9.17, 15) is 28.1 Å². The smallest absolute Gasteiger partial charge is 0.340 e. The van der Waals surface area contributed by atoms with Crippen LogP contribution in [-0.4, -0.2) is 56.2 Å². The highest BCUT2D eigenvalue weighted by atomic mass is 19.4. The number of carbonyl (C=O) groups is 1. The highest BCUT2D eigenvalue weighted by Crippen LogP contribution is 2.34. The van der Waals surface area contributed by atoms with Gasteiger partial charge in [0.25, 0.3) is 5.69 Å². The SMILES string of the molecule is CC(=O)N1CCN(Cc2c(-c3cccc([N+](=O)[O-])c3)nc3ccc(-c4cccc(C(F)(F)F)c4)cn23)CC1. The number of pyridine rings is 1. The third-order valence-electron chi connectivity index (χ3n) is 6.76. The number of hydrogen-bond acceptors (Lipinski definition) is 5. The molecule has 1 fully saturated rings. The molecule has 0 bridgehead atoms. The van der Waals surface area contributed by atoms with E-state index in [4.69, 9.17) is 4.98 Å². The van der Waals surface area contributed by atoms with Crippen molar-refractivity contribution in [1.82, 2.24) is 19.2 Å². The van der Waals surface area contributed by atoms with Gasteiger partial charge in [-0.2, -0.15) is 13.2 Å². The van der Waals surface area contributed by atoms with Crippen molar-refractivity contribution in [2.24, 2.45) is 0 Å². The maximum Gasteiger partial charge on any atom is 0.416 e. The Hall–Kier alpha value is -4.25. The molecule has 3 heterocycles. The third-order valence-corrected chi connectivity index (χ3v) is 6.76. The largest absolute Gasteiger partial charge is 0.416 e. The molecule has 0 atom stereocenters. The van der Waals surface area contributed by atoms with Crippen LogP contribution in [-0.2, 0) is 17.5 Å². The van der Waals surface area contributed by atoms with E-state index >= 15 is 0 Å². The maximum atomic E-state index is 13.3. The summed E-state index contributed by atoms with van der Waals surface area (Å²) in [5, 5.41) is 11.4. The lowest BCUT2D eigenvalue weighted by molar-refractivity contribution is -0.384. The fourth-order valence-electron chi connectivity index (χ4n) is 4.72. The summed E-state index contributed by atoms with van der Waals surface area (Å²) in [6.45, 7) is 4.40. The van der Waals surface area contributed by atoms with Crippen molar-refractivity contribution in [3.63, 3.8) is 0 Å². The van der Waals surface area contributed by atoms with Crippen molar-refractivity contribution >= 4 is 17.2 Å². The number of nitro benzene ring substituents is 1. The van der Waals surface area contributed by atoms with Crippen LogP contribution >= 0.6 is 0 Å². The van der Waals surface area contributed by atoms with Crippen LogP contribution in [0.15, 0.2) is 66.9 Å². The predicted molar refractivity (Wildman–Crippen MR) is 135 cm³/mol. The molecular weight excluding hydrogens is 499 g/mol. The molecule has 0 saturated carbocycles. The Balaban J connectivity index is 1.60. The molecule has 1 saturated heterocycles. The summed E-state index contributed by atoms with van der Waals surface area (Å²) >= 11 is 0. The Morgan fingerprint density at radius 3 is 2.37 bits per heavy atom. The summed E-state index contributed by atoms with van der Waals surface area (Å²) in [6.07, 6.45) is -2.71. The molecule has 0 N–H and O–H groups in total. The van der Waals surface area contributed by atoms with Crippen LogP contribution in [0.1, 0.15) is 18.2 Å². The van der Waals surface area contributed by atoms with Gasteiger partial charge in [-0.25, -0.2) is 4.98 Å². The molecule has 1 amide bonds. The molecule has 8 nitrogen and oxygen atoms in total. The third kappa shape index (κ3) is 5.10. The van der Waals surface area contributed by atoms with E-state index in [0.29, 0.717) is 60.8 Å². The van der Waals surface area contributed by atoms with Crippen molar-refractivity contribution in [3.8, 4) is 22.4 Å². The second kappa shape index (κ2) is 9.90. The molecule has 4 aromatic rings. The molecule has 0 aliphatic carbocycles. The van der Waals surface area contributed by atoms with Gasteiger partial charge in [-0.1, -0.05) is 24.3 Å². The molecular formula is C27H24F3N5O3.